The third-order valence-electron chi connectivity index (χ3n) is 2.69. The molecule has 0 aliphatic carbocycles. The first-order valence-electron chi connectivity index (χ1n) is 9.97. The molecule has 0 radical (unpaired) electrons. The first-order valence-corrected chi connectivity index (χ1v) is 14.4. The van der Waals surface area contributed by atoms with Crippen LogP contribution in [0.15, 0.2) is 29.1 Å². The normalized spacial score (nSPS) is 8.75. The predicted molar refractivity (Wildman–Crippen MR) is 165 cm³/mol. The van der Waals surface area contributed by atoms with Crippen molar-refractivity contribution in [3.8, 4) is 71.5 Å². The van der Waals surface area contributed by atoms with Crippen LogP contribution in [0.5, 0.6) is 0 Å². The molecule has 0 aromatic carbocycles. The molecule has 0 amide bonds. The summed E-state index contributed by atoms with van der Waals surface area (Å²) in [7, 11) is -0.886. The number of aliphatic imine (C=N–C) groups is 1. The summed E-state index contributed by atoms with van der Waals surface area (Å²) in [5.41, 5.74) is 1.25. The van der Waals surface area contributed by atoms with Crippen LogP contribution in [-0.2, 0) is 4.43 Å². The summed E-state index contributed by atoms with van der Waals surface area (Å²) in [6, 6.07) is 0. The Bertz CT molecular complexity index is 988. The van der Waals surface area contributed by atoms with E-state index in [-0.39, 0.29) is 14.3 Å². The maximum atomic E-state index is 7.38. The minimum atomic E-state index is -1.56. The van der Waals surface area contributed by atoms with Gasteiger partial charge < -0.3 is 9.63 Å². The highest BCUT2D eigenvalue weighted by molar-refractivity contribution is 6.70. The fourth-order valence-electron chi connectivity index (χ4n) is 1.52. The lowest BCUT2D eigenvalue weighted by atomic mass is 10.1. The molecule has 0 saturated carbocycles. The SMILES string of the molecule is C#CC#CC#CC#CC#CC#CC.C=C(N=C/C(=C/C)CCCC)O[Si](C)(C)C.ON[SiH3].[HH].[HH].[HH].[HH].[HH].[HH].[HH].[HH].[HH].[HH]. The Hall–Kier alpha value is -3.34. The van der Waals surface area contributed by atoms with Crippen LogP contribution in [0.4, 0.5) is 0 Å². The summed E-state index contributed by atoms with van der Waals surface area (Å²) < 4.78 is 5.66. The van der Waals surface area contributed by atoms with Gasteiger partial charge in [-0.05, 0) is 118 Å². The number of nitrogens with one attached hydrogen (secondary N) is 1. The fraction of sp³-hybridized carbons (Fsp3) is 0.346. The second kappa shape index (κ2) is 25.7. The zero-order valence-electron chi connectivity index (χ0n) is 20.4. The minimum absolute atomic E-state index is 0. The molecule has 32 heavy (non-hydrogen) atoms. The molecular weight excluding hydrogens is 428 g/mol. The minimum Gasteiger partial charge on any atom is -0.532 e. The Balaban J connectivity index is -0.0000000275. The van der Waals surface area contributed by atoms with Crippen molar-refractivity contribution in [2.45, 2.75) is 59.7 Å². The van der Waals surface area contributed by atoms with Gasteiger partial charge in [-0.15, -0.1) is 6.42 Å². The van der Waals surface area contributed by atoms with E-state index in [0.29, 0.717) is 16.3 Å². The molecule has 0 rings (SSSR count). The van der Waals surface area contributed by atoms with Crippen LogP contribution < -0.4 is 5.15 Å². The molecule has 0 aliphatic rings. The van der Waals surface area contributed by atoms with Gasteiger partial charge in [-0.2, -0.15) is 0 Å². The van der Waals surface area contributed by atoms with Gasteiger partial charge in [-0.25, -0.2) is 10.1 Å². The van der Waals surface area contributed by atoms with E-state index in [4.69, 9.17) is 16.1 Å². The van der Waals surface area contributed by atoms with E-state index >= 15 is 0 Å². The number of nitrogens with zero attached hydrogens (tertiary/aromatic N) is 1. The zero-order chi connectivity index (χ0) is 25.1. The Kier molecular flexibility index (Phi) is 26.7. The second-order valence-electron chi connectivity index (χ2n) is 6.58. The molecule has 0 heterocycles. The summed E-state index contributed by atoms with van der Waals surface area (Å²) in [4.78, 5) is 4.26. The summed E-state index contributed by atoms with van der Waals surface area (Å²) in [5.74, 6) is 27.5. The van der Waals surface area contributed by atoms with Crippen molar-refractivity contribution in [3.63, 3.8) is 0 Å². The smallest absolute Gasteiger partial charge is 0.244 e. The summed E-state index contributed by atoms with van der Waals surface area (Å²) in [6.45, 7) is 16.1. The van der Waals surface area contributed by atoms with Crippen molar-refractivity contribution in [2.24, 2.45) is 4.99 Å². The first-order chi connectivity index (χ1) is 15.2. The number of unbranched alkanes of at least 4 members (excludes halogenated alkanes) is 1. The molecule has 6 heteroatoms. The van der Waals surface area contributed by atoms with Gasteiger partial charge in [-0.1, -0.05) is 25.3 Å². The molecule has 0 unspecified atom stereocenters. The van der Waals surface area contributed by atoms with Gasteiger partial charge in [-0.3, -0.25) is 0 Å². The van der Waals surface area contributed by atoms with Crippen molar-refractivity contribution in [3.05, 3.63) is 24.1 Å². The van der Waals surface area contributed by atoms with Crippen molar-refractivity contribution >= 4 is 24.9 Å². The van der Waals surface area contributed by atoms with Crippen LogP contribution in [0, 0.1) is 71.5 Å². The summed E-state index contributed by atoms with van der Waals surface area (Å²) in [6.07, 6.45) is 12.3. The lowest BCUT2D eigenvalue weighted by Crippen LogP contribution is -2.24. The van der Waals surface area contributed by atoms with Gasteiger partial charge >= 0.3 is 0 Å². The number of hydrogen-bond acceptors (Lipinski definition) is 4. The molecular formula is C26H54N2O2Si2. The maximum Gasteiger partial charge on any atom is 0.244 e. The third kappa shape index (κ3) is 34.2. The summed E-state index contributed by atoms with van der Waals surface area (Å²) in [5, 5.41) is 9.27. The third-order valence-corrected chi connectivity index (χ3v) is 3.53. The van der Waals surface area contributed by atoms with Gasteiger partial charge in [0, 0.05) is 20.5 Å². The molecule has 0 bridgehead atoms. The molecule has 0 fully saturated rings. The number of rotatable bonds is 7. The maximum absolute atomic E-state index is 7.38. The Morgan fingerprint density at radius 1 is 1.12 bits per heavy atom. The molecule has 0 atom stereocenters. The van der Waals surface area contributed by atoms with Gasteiger partial charge in [0.25, 0.3) is 0 Å². The average molecular weight is 483 g/mol. The van der Waals surface area contributed by atoms with Gasteiger partial charge in [0.15, 0.2) is 5.88 Å². The molecule has 0 aromatic rings. The highest BCUT2D eigenvalue weighted by Crippen LogP contribution is 2.11. The van der Waals surface area contributed by atoms with Gasteiger partial charge in [0.2, 0.25) is 8.32 Å². The zero-order valence-corrected chi connectivity index (χ0v) is 23.4. The molecule has 4 nitrogen and oxygen atoms in total. The van der Waals surface area contributed by atoms with E-state index in [1.165, 1.54) is 18.4 Å². The van der Waals surface area contributed by atoms with Crippen LogP contribution >= 0.6 is 0 Å². The highest BCUT2D eigenvalue weighted by Gasteiger charge is 2.16. The average Bonchev–Trinajstić information content (AvgIpc) is 2.72. The lowest BCUT2D eigenvalue weighted by Gasteiger charge is -2.18. The van der Waals surface area contributed by atoms with Crippen molar-refractivity contribution < 1.29 is 23.9 Å². The molecule has 0 aliphatic heterocycles. The molecule has 0 saturated heterocycles. The molecule has 0 spiro atoms. The van der Waals surface area contributed by atoms with Gasteiger partial charge in [0.1, 0.15) is 10.4 Å². The standard InChI is InChI=1S/C13H25NOSi.C13H4.H5NOSi.10H2/c1-7-9-10-13(8-2)11-14-12(3)15-16(4,5)6;1-3-5-7-9-11-13-12-10-8-6-4-2;2-1-3;;;;;;;;;;/h8,11H,3,7,9-10H2,1-2,4-6H3;1H,2H3;1-2H,3H3;10*1H/b13-8+,14-11?;;;;;;;;;;;;. The highest BCUT2D eigenvalue weighted by atomic mass is 28.4. The van der Waals surface area contributed by atoms with Crippen LogP contribution in [0.3, 0.4) is 0 Å². The van der Waals surface area contributed by atoms with Crippen molar-refractivity contribution in [2.75, 3.05) is 0 Å². The van der Waals surface area contributed by atoms with E-state index in [0.717, 1.165) is 6.42 Å². The number of hydrogen-bond donors (Lipinski definition) is 2. The van der Waals surface area contributed by atoms with E-state index in [1.807, 2.05) is 18.3 Å². The lowest BCUT2D eigenvalue weighted by molar-refractivity contribution is 0.250. The van der Waals surface area contributed by atoms with Gasteiger partial charge in [0.05, 0.1) is 0 Å². The topological polar surface area (TPSA) is 53.9 Å². The molecule has 188 valence electrons. The van der Waals surface area contributed by atoms with E-state index < -0.39 is 8.32 Å². The monoisotopic (exact) mass is 482 g/mol. The Labute approximate surface area is 214 Å². The first kappa shape index (κ1) is 33.3. The van der Waals surface area contributed by atoms with Crippen LogP contribution in [0.25, 0.3) is 0 Å². The Morgan fingerprint density at radius 2 is 1.59 bits per heavy atom. The van der Waals surface area contributed by atoms with Crippen molar-refractivity contribution in [1.82, 2.24) is 5.15 Å². The largest absolute Gasteiger partial charge is 0.532 e. The van der Waals surface area contributed by atoms with E-state index in [9.17, 15) is 0 Å². The number of allylic oxidation sites excluding steroid dienone is 2. The molecule has 0 aromatic heterocycles. The molecule has 2 N–H and O–H groups in total. The van der Waals surface area contributed by atoms with Crippen LogP contribution in [0.1, 0.15) is 54.3 Å². The van der Waals surface area contributed by atoms with Crippen LogP contribution in [0.2, 0.25) is 19.6 Å². The van der Waals surface area contributed by atoms with Crippen LogP contribution in [-0.4, -0.2) is 30.1 Å². The quantitative estimate of drug-likeness (QED) is 0.157. The number of terminal acetylenes is 1. The predicted octanol–water partition coefficient (Wildman–Crippen LogP) is 5.88. The van der Waals surface area contributed by atoms with E-state index in [1.54, 1.807) is 6.92 Å². The second-order valence-corrected chi connectivity index (χ2v) is 11.5. The van der Waals surface area contributed by atoms with E-state index in [2.05, 4.69) is 109 Å². The Morgan fingerprint density at radius 3 is 1.97 bits per heavy atom. The fourth-order valence-corrected chi connectivity index (χ4v) is 2.28. The van der Waals surface area contributed by atoms with Crippen molar-refractivity contribution in [1.29, 1.82) is 0 Å². The summed E-state index contributed by atoms with van der Waals surface area (Å²) >= 11 is 0.